The van der Waals surface area contributed by atoms with Crippen molar-refractivity contribution in [3.63, 3.8) is 0 Å². The van der Waals surface area contributed by atoms with Gasteiger partial charge in [0.25, 0.3) is 0 Å². The first kappa shape index (κ1) is 23.8. The molecule has 1 saturated heterocycles. The van der Waals surface area contributed by atoms with Gasteiger partial charge in [0.2, 0.25) is 0 Å². The van der Waals surface area contributed by atoms with Crippen LogP contribution in [-0.4, -0.2) is 48.2 Å². The van der Waals surface area contributed by atoms with Gasteiger partial charge >= 0.3 is 5.97 Å². The minimum absolute atomic E-state index is 0.209. The second kappa shape index (κ2) is 11.2. The van der Waals surface area contributed by atoms with Gasteiger partial charge in [-0.1, -0.05) is 36.4 Å². The molecule has 1 N–H and O–H groups in total. The van der Waals surface area contributed by atoms with Crippen LogP contribution < -0.4 is 10.1 Å². The number of rotatable bonds is 9. The van der Waals surface area contributed by atoms with E-state index in [1.54, 1.807) is 12.1 Å². The minimum atomic E-state index is -0.332. The van der Waals surface area contributed by atoms with Crippen molar-refractivity contribution in [2.45, 2.75) is 25.9 Å². The van der Waals surface area contributed by atoms with Gasteiger partial charge in [-0.25, -0.2) is 4.79 Å². The minimum Gasteiger partial charge on any atom is -0.490 e. The molecule has 184 valence electrons. The van der Waals surface area contributed by atoms with Gasteiger partial charge in [0.1, 0.15) is 19.0 Å². The number of esters is 1. The summed E-state index contributed by atoms with van der Waals surface area (Å²) in [5.41, 5.74) is 4.09. The Bertz CT molecular complexity index is 1320. The highest BCUT2D eigenvalue weighted by molar-refractivity contribution is 5.93. The number of hydrogen-bond donors (Lipinski definition) is 1. The number of pyridine rings is 1. The maximum Gasteiger partial charge on any atom is 0.338 e. The number of aryl methyl sites for hydroxylation is 1. The third-order valence-corrected chi connectivity index (χ3v) is 6.42. The van der Waals surface area contributed by atoms with E-state index in [1.165, 1.54) is 16.6 Å². The number of carbonyl (C=O) groups excluding carboxylic acids is 1. The number of fused-ring (bicyclic) bond motifs is 1. The Morgan fingerprint density at radius 1 is 1.06 bits per heavy atom. The van der Waals surface area contributed by atoms with Crippen LogP contribution in [0.3, 0.4) is 0 Å². The Morgan fingerprint density at radius 2 is 1.94 bits per heavy atom. The molecule has 5 rings (SSSR count). The van der Waals surface area contributed by atoms with Gasteiger partial charge in [0.05, 0.1) is 5.56 Å². The quantitative estimate of drug-likeness (QED) is 0.253. The molecule has 0 aliphatic carbocycles. The van der Waals surface area contributed by atoms with Crippen molar-refractivity contribution in [2.75, 3.05) is 31.6 Å². The SMILES string of the molecule is Cc1cc(CN2CCC(Nc3cccc4cnccc34)C2)cc(OCCOC(=O)c2ccccc2)c1. The topological polar surface area (TPSA) is 63.7 Å². The largest absolute Gasteiger partial charge is 0.490 e. The van der Waals surface area contributed by atoms with Gasteiger partial charge in [-0.2, -0.15) is 0 Å². The molecule has 1 atom stereocenters. The molecule has 2 heterocycles. The Morgan fingerprint density at radius 3 is 2.83 bits per heavy atom. The van der Waals surface area contributed by atoms with Crippen molar-refractivity contribution in [3.05, 3.63) is 102 Å². The molecule has 6 heteroatoms. The number of ether oxygens (including phenoxy) is 2. The maximum atomic E-state index is 12.1. The zero-order valence-electron chi connectivity index (χ0n) is 20.5. The van der Waals surface area contributed by atoms with Crippen molar-refractivity contribution in [1.29, 1.82) is 0 Å². The van der Waals surface area contributed by atoms with Crippen molar-refractivity contribution < 1.29 is 14.3 Å². The first-order valence-corrected chi connectivity index (χ1v) is 12.4. The van der Waals surface area contributed by atoms with E-state index < -0.39 is 0 Å². The molecule has 0 saturated carbocycles. The fourth-order valence-corrected chi connectivity index (χ4v) is 4.77. The molecule has 0 spiro atoms. The molecule has 0 amide bonds. The molecule has 3 aromatic carbocycles. The van der Waals surface area contributed by atoms with Crippen LogP contribution in [0.25, 0.3) is 10.8 Å². The van der Waals surface area contributed by atoms with Crippen LogP contribution in [-0.2, 0) is 11.3 Å². The molecule has 0 radical (unpaired) electrons. The van der Waals surface area contributed by atoms with Crippen LogP contribution in [0.15, 0.2) is 85.2 Å². The predicted octanol–water partition coefficient (Wildman–Crippen LogP) is 5.47. The monoisotopic (exact) mass is 481 g/mol. The average Bonchev–Trinajstić information content (AvgIpc) is 3.33. The van der Waals surface area contributed by atoms with Crippen LogP contribution in [0.4, 0.5) is 5.69 Å². The first-order chi connectivity index (χ1) is 17.6. The van der Waals surface area contributed by atoms with Crippen LogP contribution in [0, 0.1) is 6.92 Å². The lowest BCUT2D eigenvalue weighted by Gasteiger charge is -2.19. The number of benzene rings is 3. The first-order valence-electron chi connectivity index (χ1n) is 12.4. The van der Waals surface area contributed by atoms with Gasteiger partial charge in [-0.15, -0.1) is 0 Å². The highest BCUT2D eigenvalue weighted by Crippen LogP contribution is 2.26. The number of carbonyl (C=O) groups is 1. The maximum absolute atomic E-state index is 12.1. The number of anilines is 1. The van der Waals surface area contributed by atoms with Crippen LogP contribution in [0.5, 0.6) is 5.75 Å². The standard InChI is InChI=1S/C30H31N3O3/c1-22-16-23(18-27(17-22)35-14-15-36-30(34)24-6-3-2-4-7-24)20-33-13-11-26(21-33)32-29-9-5-8-25-19-31-12-10-28(25)29/h2-10,12,16-19,26,32H,11,13-15,20-21H2,1H3. The van der Waals surface area contributed by atoms with E-state index in [1.807, 2.05) is 36.7 Å². The molecule has 1 aliphatic rings. The van der Waals surface area contributed by atoms with E-state index in [-0.39, 0.29) is 12.6 Å². The van der Waals surface area contributed by atoms with Crippen molar-refractivity contribution >= 4 is 22.4 Å². The summed E-state index contributed by atoms with van der Waals surface area (Å²) in [4.78, 5) is 18.8. The smallest absolute Gasteiger partial charge is 0.338 e. The van der Waals surface area contributed by atoms with E-state index in [2.05, 4.69) is 58.5 Å². The molecule has 1 fully saturated rings. The Kier molecular flexibility index (Phi) is 7.43. The summed E-state index contributed by atoms with van der Waals surface area (Å²) >= 11 is 0. The van der Waals surface area contributed by atoms with Gasteiger partial charge in [-0.3, -0.25) is 9.88 Å². The van der Waals surface area contributed by atoms with E-state index in [0.717, 1.165) is 42.8 Å². The van der Waals surface area contributed by atoms with Gasteiger partial charge in [-0.05, 0) is 60.9 Å². The number of likely N-dealkylation sites (tertiary alicyclic amines) is 1. The zero-order chi connectivity index (χ0) is 24.7. The third kappa shape index (κ3) is 6.01. The van der Waals surface area contributed by atoms with Crippen molar-refractivity contribution in [1.82, 2.24) is 9.88 Å². The highest BCUT2D eigenvalue weighted by Gasteiger charge is 2.23. The second-order valence-electron chi connectivity index (χ2n) is 9.27. The number of nitrogens with one attached hydrogen (secondary N) is 1. The van der Waals surface area contributed by atoms with Gasteiger partial charge in [0.15, 0.2) is 0 Å². The average molecular weight is 482 g/mol. The highest BCUT2D eigenvalue weighted by atomic mass is 16.6. The molecular formula is C30H31N3O3. The van der Waals surface area contributed by atoms with Crippen molar-refractivity contribution in [2.24, 2.45) is 0 Å². The number of hydrogen-bond acceptors (Lipinski definition) is 6. The zero-order valence-corrected chi connectivity index (χ0v) is 20.5. The predicted molar refractivity (Wildman–Crippen MR) is 142 cm³/mol. The lowest BCUT2D eigenvalue weighted by Crippen LogP contribution is -2.26. The fourth-order valence-electron chi connectivity index (χ4n) is 4.77. The Balaban J connectivity index is 1.12. The second-order valence-corrected chi connectivity index (χ2v) is 9.27. The van der Waals surface area contributed by atoms with E-state index in [4.69, 9.17) is 9.47 Å². The molecular weight excluding hydrogens is 450 g/mol. The summed E-state index contributed by atoms with van der Waals surface area (Å²) in [5.74, 6) is 0.473. The summed E-state index contributed by atoms with van der Waals surface area (Å²) in [6.45, 7) is 5.51. The van der Waals surface area contributed by atoms with Crippen molar-refractivity contribution in [3.8, 4) is 5.75 Å². The molecule has 0 bridgehead atoms. The lowest BCUT2D eigenvalue weighted by molar-refractivity contribution is 0.0450. The summed E-state index contributed by atoms with van der Waals surface area (Å²) in [7, 11) is 0. The van der Waals surface area contributed by atoms with Gasteiger partial charge in [0, 0.05) is 54.5 Å². The Labute approximate surface area is 211 Å². The van der Waals surface area contributed by atoms with E-state index in [9.17, 15) is 4.79 Å². The molecule has 1 aromatic heterocycles. The summed E-state index contributed by atoms with van der Waals surface area (Å²) in [5, 5.41) is 6.10. The Hall–Kier alpha value is -3.90. The van der Waals surface area contributed by atoms with Gasteiger partial charge < -0.3 is 14.8 Å². The summed E-state index contributed by atoms with van der Waals surface area (Å²) in [6.07, 6.45) is 4.86. The third-order valence-electron chi connectivity index (χ3n) is 6.42. The molecule has 1 aliphatic heterocycles. The molecule has 4 aromatic rings. The number of nitrogens with zero attached hydrogens (tertiary/aromatic N) is 2. The summed E-state index contributed by atoms with van der Waals surface area (Å²) in [6, 6.07) is 24.1. The fraction of sp³-hybridized carbons (Fsp3) is 0.267. The van der Waals surface area contributed by atoms with Crippen LogP contribution >= 0.6 is 0 Å². The number of aromatic nitrogens is 1. The molecule has 6 nitrogen and oxygen atoms in total. The molecule has 1 unspecified atom stereocenters. The van der Waals surface area contributed by atoms with Crippen LogP contribution in [0.1, 0.15) is 27.9 Å². The van der Waals surface area contributed by atoms with E-state index in [0.29, 0.717) is 18.2 Å². The summed E-state index contributed by atoms with van der Waals surface area (Å²) < 4.78 is 11.2. The normalized spacial score (nSPS) is 15.6. The van der Waals surface area contributed by atoms with E-state index >= 15 is 0 Å². The van der Waals surface area contributed by atoms with Crippen LogP contribution in [0.2, 0.25) is 0 Å². The lowest BCUT2D eigenvalue weighted by atomic mass is 10.1. The molecule has 36 heavy (non-hydrogen) atoms.